The lowest BCUT2D eigenvalue weighted by atomic mass is 10.1. The first-order valence-corrected chi connectivity index (χ1v) is 5.51. The maximum absolute atomic E-state index is 8.87. The number of hydrogen-bond acceptors (Lipinski definition) is 4. The van der Waals surface area contributed by atoms with E-state index < -0.39 is 0 Å². The maximum Gasteiger partial charge on any atom is 0.181 e. The lowest BCUT2D eigenvalue weighted by Gasteiger charge is -2.14. The second-order valence-electron chi connectivity index (χ2n) is 4.26. The number of aliphatic hydroxyl groups excluding tert-OH is 1. The Labute approximate surface area is 89.9 Å². The van der Waals surface area contributed by atoms with Crippen LogP contribution in [0.1, 0.15) is 24.3 Å². The number of likely N-dealkylation sites (tertiary alicyclic amines) is 1. The molecule has 1 saturated heterocycles. The first kappa shape index (κ1) is 10.6. The number of aryl methyl sites for hydroxylation is 1. The van der Waals surface area contributed by atoms with Gasteiger partial charge in [0.25, 0.3) is 0 Å². The zero-order valence-electron chi connectivity index (χ0n) is 9.15. The van der Waals surface area contributed by atoms with E-state index in [9.17, 15) is 0 Å². The summed E-state index contributed by atoms with van der Waals surface area (Å²) in [6.07, 6.45) is 3.62. The Bertz CT molecular complexity index is 311. The van der Waals surface area contributed by atoms with Crippen molar-refractivity contribution in [2.75, 3.05) is 19.7 Å². The van der Waals surface area contributed by atoms with E-state index in [-0.39, 0.29) is 0 Å². The Morgan fingerprint density at radius 2 is 2.53 bits per heavy atom. The molecule has 0 aliphatic carbocycles. The van der Waals surface area contributed by atoms with Crippen molar-refractivity contribution in [2.24, 2.45) is 5.92 Å². The minimum absolute atomic E-state index is 0.307. The van der Waals surface area contributed by atoms with Gasteiger partial charge in [-0.15, -0.1) is 0 Å². The zero-order valence-corrected chi connectivity index (χ0v) is 9.15. The van der Waals surface area contributed by atoms with Crippen LogP contribution in [0.3, 0.4) is 0 Å². The monoisotopic (exact) mass is 210 g/mol. The van der Waals surface area contributed by atoms with Crippen molar-refractivity contribution in [3.05, 3.63) is 17.8 Å². The van der Waals surface area contributed by atoms with Crippen molar-refractivity contribution in [1.82, 2.24) is 9.88 Å². The van der Waals surface area contributed by atoms with Crippen LogP contribution in [0.5, 0.6) is 0 Å². The number of hydrogen-bond donors (Lipinski definition) is 1. The molecule has 0 bridgehead atoms. The number of aliphatic hydroxyl groups is 1. The highest BCUT2D eigenvalue weighted by atomic mass is 16.3. The minimum atomic E-state index is 0.307. The zero-order chi connectivity index (χ0) is 10.7. The third-order valence-corrected chi connectivity index (χ3v) is 3.13. The molecule has 84 valence electrons. The Morgan fingerprint density at radius 1 is 1.67 bits per heavy atom. The summed E-state index contributed by atoms with van der Waals surface area (Å²) in [6, 6.07) is 0. The van der Waals surface area contributed by atoms with E-state index >= 15 is 0 Å². The van der Waals surface area contributed by atoms with Crippen molar-refractivity contribution >= 4 is 0 Å². The highest BCUT2D eigenvalue weighted by molar-refractivity contribution is 5.04. The average Bonchev–Trinajstić information content (AvgIpc) is 2.79. The van der Waals surface area contributed by atoms with E-state index in [4.69, 9.17) is 9.52 Å². The Morgan fingerprint density at radius 3 is 3.20 bits per heavy atom. The third kappa shape index (κ3) is 2.58. The molecule has 0 radical (unpaired) electrons. The molecule has 1 atom stereocenters. The summed E-state index contributed by atoms with van der Waals surface area (Å²) in [7, 11) is 0. The molecule has 1 unspecified atom stereocenters. The molecular weight excluding hydrogens is 192 g/mol. The van der Waals surface area contributed by atoms with Crippen molar-refractivity contribution < 1.29 is 9.52 Å². The molecule has 2 rings (SSSR count). The first-order chi connectivity index (χ1) is 7.29. The van der Waals surface area contributed by atoms with Gasteiger partial charge in [0.1, 0.15) is 5.76 Å². The van der Waals surface area contributed by atoms with E-state index in [0.29, 0.717) is 12.5 Å². The normalized spacial score (nSPS) is 22.4. The van der Waals surface area contributed by atoms with Gasteiger partial charge in [0.05, 0.1) is 5.69 Å². The highest BCUT2D eigenvalue weighted by Crippen LogP contribution is 2.21. The molecule has 15 heavy (non-hydrogen) atoms. The molecule has 1 aromatic rings. The lowest BCUT2D eigenvalue weighted by molar-refractivity contribution is 0.248. The van der Waals surface area contributed by atoms with Gasteiger partial charge in [-0.25, -0.2) is 4.98 Å². The molecule has 1 aliphatic heterocycles. The van der Waals surface area contributed by atoms with Crippen molar-refractivity contribution in [2.45, 2.75) is 26.3 Å². The SMILES string of the molecule is Cc1ocnc1CN1CCC(CCO)C1. The molecule has 2 heterocycles. The molecule has 0 aromatic carbocycles. The van der Waals surface area contributed by atoms with Crippen molar-refractivity contribution in [3.63, 3.8) is 0 Å². The Hall–Kier alpha value is -0.870. The van der Waals surface area contributed by atoms with Crippen LogP contribution in [0.15, 0.2) is 10.8 Å². The minimum Gasteiger partial charge on any atom is -0.448 e. The largest absolute Gasteiger partial charge is 0.448 e. The van der Waals surface area contributed by atoms with Crippen LogP contribution in [0.25, 0.3) is 0 Å². The standard InChI is InChI=1S/C11H18N2O2/c1-9-11(12-8-15-9)7-13-4-2-10(6-13)3-5-14/h8,10,14H,2-7H2,1H3. The molecule has 4 heteroatoms. The second-order valence-corrected chi connectivity index (χ2v) is 4.26. The second kappa shape index (κ2) is 4.77. The number of rotatable bonds is 4. The van der Waals surface area contributed by atoms with Gasteiger partial charge in [0, 0.05) is 19.7 Å². The topological polar surface area (TPSA) is 49.5 Å². The Kier molecular flexibility index (Phi) is 3.38. The van der Waals surface area contributed by atoms with E-state index in [2.05, 4.69) is 9.88 Å². The molecule has 1 fully saturated rings. The van der Waals surface area contributed by atoms with Gasteiger partial charge in [-0.3, -0.25) is 4.90 Å². The smallest absolute Gasteiger partial charge is 0.181 e. The van der Waals surface area contributed by atoms with Crippen molar-refractivity contribution in [3.8, 4) is 0 Å². The molecule has 0 saturated carbocycles. The van der Waals surface area contributed by atoms with Crippen LogP contribution in [0.4, 0.5) is 0 Å². The van der Waals surface area contributed by atoms with E-state index in [1.807, 2.05) is 6.92 Å². The summed E-state index contributed by atoms with van der Waals surface area (Å²) in [5.41, 5.74) is 1.04. The molecule has 1 aliphatic rings. The molecule has 0 spiro atoms. The van der Waals surface area contributed by atoms with E-state index in [0.717, 1.165) is 37.5 Å². The van der Waals surface area contributed by atoms with Crippen LogP contribution in [-0.4, -0.2) is 34.7 Å². The summed E-state index contributed by atoms with van der Waals surface area (Å²) < 4.78 is 5.17. The van der Waals surface area contributed by atoms with Crippen LogP contribution >= 0.6 is 0 Å². The van der Waals surface area contributed by atoms with Crippen LogP contribution in [0, 0.1) is 12.8 Å². The van der Waals surface area contributed by atoms with Gasteiger partial charge in [0.15, 0.2) is 6.39 Å². The van der Waals surface area contributed by atoms with Crippen molar-refractivity contribution in [1.29, 1.82) is 0 Å². The van der Waals surface area contributed by atoms with Gasteiger partial charge >= 0.3 is 0 Å². The van der Waals surface area contributed by atoms with Gasteiger partial charge in [0.2, 0.25) is 0 Å². The van der Waals surface area contributed by atoms with E-state index in [1.54, 1.807) is 0 Å². The number of oxazole rings is 1. The fourth-order valence-corrected chi connectivity index (χ4v) is 2.17. The fourth-order valence-electron chi connectivity index (χ4n) is 2.17. The maximum atomic E-state index is 8.87. The van der Waals surface area contributed by atoms with Crippen LogP contribution in [0.2, 0.25) is 0 Å². The summed E-state index contributed by atoms with van der Waals surface area (Å²) >= 11 is 0. The van der Waals surface area contributed by atoms with Crippen LogP contribution < -0.4 is 0 Å². The van der Waals surface area contributed by atoms with Crippen LogP contribution in [-0.2, 0) is 6.54 Å². The number of aromatic nitrogens is 1. The summed E-state index contributed by atoms with van der Waals surface area (Å²) in [5.74, 6) is 1.57. The molecular formula is C11H18N2O2. The summed E-state index contributed by atoms with van der Waals surface area (Å²) in [5, 5.41) is 8.87. The fraction of sp³-hybridized carbons (Fsp3) is 0.727. The predicted molar refractivity (Wildman–Crippen MR) is 56.3 cm³/mol. The van der Waals surface area contributed by atoms with E-state index in [1.165, 1.54) is 12.8 Å². The third-order valence-electron chi connectivity index (χ3n) is 3.13. The first-order valence-electron chi connectivity index (χ1n) is 5.51. The molecule has 1 N–H and O–H groups in total. The predicted octanol–water partition coefficient (Wildman–Crippen LogP) is 1.19. The van der Waals surface area contributed by atoms with Gasteiger partial charge in [-0.2, -0.15) is 0 Å². The summed E-state index contributed by atoms with van der Waals surface area (Å²) in [4.78, 5) is 6.57. The average molecular weight is 210 g/mol. The number of nitrogens with zero attached hydrogens (tertiary/aromatic N) is 2. The Balaban J connectivity index is 1.85. The quantitative estimate of drug-likeness (QED) is 0.811. The molecule has 0 amide bonds. The molecule has 1 aromatic heterocycles. The lowest BCUT2D eigenvalue weighted by Crippen LogP contribution is -2.21. The van der Waals surface area contributed by atoms with Gasteiger partial charge in [-0.1, -0.05) is 0 Å². The van der Waals surface area contributed by atoms with Gasteiger partial charge < -0.3 is 9.52 Å². The summed E-state index contributed by atoms with van der Waals surface area (Å²) in [6.45, 7) is 5.32. The van der Waals surface area contributed by atoms with Gasteiger partial charge in [-0.05, 0) is 32.2 Å². The molecule has 4 nitrogen and oxygen atoms in total. The highest BCUT2D eigenvalue weighted by Gasteiger charge is 2.22.